The molecule has 0 spiro atoms. The van der Waals surface area contributed by atoms with Crippen molar-refractivity contribution < 1.29 is 0 Å². The van der Waals surface area contributed by atoms with Crippen LogP contribution in [-0.2, 0) is 19.5 Å². The molecule has 0 aliphatic heterocycles. The Morgan fingerprint density at radius 3 is 1.73 bits per heavy atom. The Labute approximate surface area is 277 Å². The van der Waals surface area contributed by atoms with Gasteiger partial charge in [-0.25, -0.2) is 0 Å². The molecule has 0 fully saturated rings. The smallest absolute Gasteiger partial charge is 0.131 e. The number of nitrogens with zero attached hydrogens (tertiary/aromatic N) is 8. The van der Waals surface area contributed by atoms with Gasteiger partial charge in [-0.15, -0.1) is 10.2 Å². The molecule has 0 aliphatic carbocycles. The fourth-order valence-corrected chi connectivity index (χ4v) is 3.74. The van der Waals surface area contributed by atoms with Crippen LogP contribution in [0.1, 0.15) is 116 Å². The average Bonchev–Trinajstić information content (AvgIpc) is 3.65. The van der Waals surface area contributed by atoms with Crippen LogP contribution in [-0.4, -0.2) is 40.0 Å². The van der Waals surface area contributed by atoms with Gasteiger partial charge in [0.2, 0.25) is 0 Å². The maximum atomic E-state index is 4.24. The Bertz CT molecular complexity index is 1120. The highest BCUT2D eigenvalue weighted by Gasteiger charge is 2.04. The molecule has 4 rings (SSSR count). The van der Waals surface area contributed by atoms with Crippen LogP contribution in [0.15, 0.2) is 67.5 Å². The van der Waals surface area contributed by atoms with Gasteiger partial charge < -0.3 is 0 Å². The highest BCUT2D eigenvalue weighted by Crippen LogP contribution is 2.12. The average molecular weight is 625 g/mol. The van der Waals surface area contributed by atoms with Gasteiger partial charge in [-0.3, -0.25) is 19.3 Å². The molecule has 45 heavy (non-hydrogen) atoms. The topological polar surface area (TPSA) is 87.2 Å². The summed E-state index contributed by atoms with van der Waals surface area (Å²) in [4.78, 5) is 8.28. The van der Waals surface area contributed by atoms with E-state index in [1.165, 1.54) is 24.8 Å². The molecule has 4 heterocycles. The fraction of sp³-hybridized carbons (Fsp3) is 0.622. The third-order valence-corrected chi connectivity index (χ3v) is 6.04. The molecule has 0 amide bonds. The first-order valence-corrected chi connectivity index (χ1v) is 15.6. The fourth-order valence-electron chi connectivity index (χ4n) is 3.74. The van der Waals surface area contributed by atoms with Gasteiger partial charge in [0.1, 0.15) is 5.69 Å². The summed E-state index contributed by atoms with van der Waals surface area (Å²) in [6, 6.07) is 9.89. The van der Waals surface area contributed by atoms with Crippen molar-refractivity contribution in [1.82, 2.24) is 40.0 Å². The van der Waals surface area contributed by atoms with E-state index in [9.17, 15) is 0 Å². The van der Waals surface area contributed by atoms with Crippen LogP contribution in [0.2, 0.25) is 0 Å². The van der Waals surface area contributed by atoms with E-state index in [-0.39, 0.29) is 22.3 Å². The van der Waals surface area contributed by atoms with Gasteiger partial charge in [-0.1, -0.05) is 120 Å². The SMILES string of the molecule is C.C.C.CC(C)CCn1cc(-c2ccccn2)nn1.CC(C)CCn1ccnn1.CC(C)Cc1cccnc1.CCCC(C)C. The van der Waals surface area contributed by atoms with Gasteiger partial charge in [-0.05, 0) is 66.7 Å². The summed E-state index contributed by atoms with van der Waals surface area (Å²) in [6.07, 6.45) is 17.2. The standard InChI is InChI=1S/C12H16N4.C9H13N.C7H13N3.C6H14.3CH4/c1-10(2)6-8-16-9-12(14-15-16)11-5-3-4-7-13-11;1-8(2)6-9-4-3-5-10-7-9;1-7(2)3-5-10-6-4-8-9-10;1-4-5-6(2)3;;;/h3-5,7,9-10H,6,8H2,1-2H3;3-5,7-8H,6H2,1-2H3;4,6-7H,3,5H2,1-2H3;6H,4-5H2,1-3H3;3*1H4. The first-order chi connectivity index (χ1) is 20.1. The van der Waals surface area contributed by atoms with Crippen molar-refractivity contribution in [2.45, 2.75) is 130 Å². The van der Waals surface area contributed by atoms with E-state index in [0.29, 0.717) is 5.92 Å². The molecule has 256 valence electrons. The number of aromatic nitrogens is 8. The Balaban J connectivity index is -0.000000540. The second-order valence-corrected chi connectivity index (χ2v) is 12.3. The van der Waals surface area contributed by atoms with Crippen LogP contribution in [0, 0.1) is 23.7 Å². The van der Waals surface area contributed by atoms with E-state index in [1.807, 2.05) is 58.4 Å². The van der Waals surface area contributed by atoms with E-state index in [4.69, 9.17) is 0 Å². The number of aryl methyl sites for hydroxylation is 2. The largest absolute Gasteiger partial charge is 0.264 e. The summed E-state index contributed by atoms with van der Waals surface area (Å²) in [6.45, 7) is 21.9. The molecule has 0 aliphatic rings. The van der Waals surface area contributed by atoms with Crippen LogP contribution in [0.4, 0.5) is 0 Å². The Hall–Kier alpha value is -3.42. The molecule has 0 radical (unpaired) electrons. The van der Waals surface area contributed by atoms with Crippen molar-refractivity contribution in [1.29, 1.82) is 0 Å². The molecule has 0 bridgehead atoms. The molecule has 4 aromatic rings. The Morgan fingerprint density at radius 1 is 0.644 bits per heavy atom. The normalized spacial score (nSPS) is 9.89. The minimum atomic E-state index is 0. The maximum absolute atomic E-state index is 4.24. The number of hydrogen-bond donors (Lipinski definition) is 0. The highest BCUT2D eigenvalue weighted by molar-refractivity contribution is 5.51. The lowest BCUT2D eigenvalue weighted by atomic mass is 10.1. The van der Waals surface area contributed by atoms with Crippen molar-refractivity contribution >= 4 is 0 Å². The van der Waals surface area contributed by atoms with E-state index in [1.54, 1.807) is 12.4 Å². The van der Waals surface area contributed by atoms with Crippen molar-refractivity contribution in [2.75, 3.05) is 0 Å². The lowest BCUT2D eigenvalue weighted by molar-refractivity contribution is 0.478. The molecule has 0 atom stereocenters. The van der Waals surface area contributed by atoms with Gasteiger partial charge in [0.25, 0.3) is 0 Å². The Morgan fingerprint density at radius 2 is 1.29 bits per heavy atom. The third kappa shape index (κ3) is 24.6. The minimum Gasteiger partial charge on any atom is -0.264 e. The molecule has 0 aromatic carbocycles. The van der Waals surface area contributed by atoms with Crippen LogP contribution in [0.5, 0.6) is 0 Å². The zero-order valence-corrected chi connectivity index (χ0v) is 27.7. The number of rotatable bonds is 11. The van der Waals surface area contributed by atoms with Gasteiger partial charge in [0, 0.05) is 37.9 Å². The van der Waals surface area contributed by atoms with Crippen LogP contribution >= 0.6 is 0 Å². The maximum Gasteiger partial charge on any atom is 0.131 e. The predicted molar refractivity (Wildman–Crippen MR) is 195 cm³/mol. The summed E-state index contributed by atoms with van der Waals surface area (Å²) in [5, 5.41) is 15.8. The predicted octanol–water partition coefficient (Wildman–Crippen LogP) is 10.3. The molecule has 0 unspecified atom stereocenters. The first kappa shape index (κ1) is 46.0. The Kier molecular flexibility index (Phi) is 28.7. The second kappa shape index (κ2) is 28.1. The van der Waals surface area contributed by atoms with E-state index in [0.717, 1.165) is 55.1 Å². The monoisotopic (exact) mass is 625 g/mol. The lowest BCUT2D eigenvalue weighted by Gasteiger charge is -2.02. The van der Waals surface area contributed by atoms with Gasteiger partial charge in [0.15, 0.2) is 0 Å². The van der Waals surface area contributed by atoms with E-state index in [2.05, 4.69) is 99.0 Å². The summed E-state index contributed by atoms with van der Waals surface area (Å²) in [5.41, 5.74) is 3.04. The van der Waals surface area contributed by atoms with Gasteiger partial charge >= 0.3 is 0 Å². The first-order valence-electron chi connectivity index (χ1n) is 15.6. The van der Waals surface area contributed by atoms with Crippen molar-refractivity contribution in [2.24, 2.45) is 23.7 Å². The summed E-state index contributed by atoms with van der Waals surface area (Å²) >= 11 is 0. The third-order valence-electron chi connectivity index (χ3n) is 6.04. The van der Waals surface area contributed by atoms with Crippen molar-refractivity contribution in [3.63, 3.8) is 0 Å². The molecule has 0 saturated heterocycles. The van der Waals surface area contributed by atoms with Crippen LogP contribution < -0.4 is 0 Å². The summed E-state index contributed by atoms with van der Waals surface area (Å²) < 4.78 is 3.74. The van der Waals surface area contributed by atoms with Crippen molar-refractivity contribution in [3.05, 3.63) is 73.1 Å². The molecule has 4 aromatic heterocycles. The minimum absolute atomic E-state index is 0. The zero-order chi connectivity index (χ0) is 31.2. The molecule has 0 saturated carbocycles. The van der Waals surface area contributed by atoms with Crippen LogP contribution in [0.25, 0.3) is 11.4 Å². The summed E-state index contributed by atoms with van der Waals surface area (Å²) in [7, 11) is 0. The number of pyridine rings is 2. The number of hydrogen-bond acceptors (Lipinski definition) is 6. The quantitative estimate of drug-likeness (QED) is 0.165. The van der Waals surface area contributed by atoms with Crippen LogP contribution in [0.3, 0.4) is 0 Å². The molecule has 8 nitrogen and oxygen atoms in total. The van der Waals surface area contributed by atoms with Gasteiger partial charge in [-0.2, -0.15) is 0 Å². The highest BCUT2D eigenvalue weighted by atomic mass is 15.4. The molecular formula is C37H68N8. The van der Waals surface area contributed by atoms with Crippen molar-refractivity contribution in [3.8, 4) is 11.4 Å². The molecular weight excluding hydrogens is 556 g/mol. The summed E-state index contributed by atoms with van der Waals surface area (Å²) in [5.74, 6) is 3.05. The molecule has 8 heteroatoms. The van der Waals surface area contributed by atoms with Gasteiger partial charge in [0.05, 0.1) is 18.1 Å². The second-order valence-electron chi connectivity index (χ2n) is 12.3. The van der Waals surface area contributed by atoms with E-state index < -0.39 is 0 Å². The molecule has 0 N–H and O–H groups in total. The lowest BCUT2D eigenvalue weighted by Crippen LogP contribution is -2.01. The zero-order valence-electron chi connectivity index (χ0n) is 27.7. The van der Waals surface area contributed by atoms with E-state index >= 15 is 0 Å².